The number of aliphatic hydroxyl groups excluding tert-OH is 1. The Hall–Kier alpha value is -1.94. The highest BCUT2D eigenvalue weighted by atomic mass is 16.5. The molecular weight excluding hydrogens is 216 g/mol. The highest BCUT2D eigenvalue weighted by Crippen LogP contribution is 2.28. The van der Waals surface area contributed by atoms with Crippen LogP contribution in [0.25, 0.3) is 0 Å². The van der Waals surface area contributed by atoms with Gasteiger partial charge in [-0.1, -0.05) is 6.07 Å². The van der Waals surface area contributed by atoms with Gasteiger partial charge in [0.05, 0.1) is 13.3 Å². The summed E-state index contributed by atoms with van der Waals surface area (Å²) in [6.07, 6.45) is 4.13. The molecule has 1 unspecified atom stereocenters. The fourth-order valence-electron chi connectivity index (χ4n) is 1.61. The van der Waals surface area contributed by atoms with Gasteiger partial charge in [0.1, 0.15) is 11.9 Å². The molecule has 0 aromatic carbocycles. The largest absolute Gasteiger partial charge is 0.495 e. The van der Waals surface area contributed by atoms with Gasteiger partial charge >= 0.3 is 0 Å². The number of nitrogens with zero attached hydrogens (tertiary/aromatic N) is 2. The summed E-state index contributed by atoms with van der Waals surface area (Å²) < 4.78 is 5.17. The van der Waals surface area contributed by atoms with Crippen molar-refractivity contribution in [3.63, 3.8) is 0 Å². The highest BCUT2D eigenvalue weighted by molar-refractivity contribution is 5.37. The van der Waals surface area contributed by atoms with Gasteiger partial charge in [-0.15, -0.1) is 0 Å². The van der Waals surface area contributed by atoms with Crippen molar-refractivity contribution in [1.29, 1.82) is 0 Å². The third-order valence-corrected chi connectivity index (χ3v) is 2.58. The van der Waals surface area contributed by atoms with Crippen molar-refractivity contribution in [1.82, 2.24) is 9.97 Å². The van der Waals surface area contributed by atoms with Crippen LogP contribution in [0.1, 0.15) is 22.9 Å². The number of aryl methyl sites for hydroxylation is 1. The van der Waals surface area contributed by atoms with Crippen LogP contribution in [0.15, 0.2) is 36.8 Å². The SMILES string of the molecule is COc1cnccc1C(O)c1ccc(C)nc1. The topological polar surface area (TPSA) is 55.2 Å². The standard InChI is InChI=1S/C13H14N2O2/c1-9-3-4-10(7-15-9)13(16)11-5-6-14-8-12(11)17-2/h3-8,13,16H,1-2H3. The van der Waals surface area contributed by atoms with Crippen molar-refractivity contribution in [3.8, 4) is 5.75 Å². The van der Waals surface area contributed by atoms with Gasteiger partial charge in [-0.3, -0.25) is 9.97 Å². The minimum atomic E-state index is -0.749. The average Bonchev–Trinajstić information content (AvgIpc) is 2.39. The molecule has 4 heteroatoms. The van der Waals surface area contributed by atoms with Crippen LogP contribution in [0.4, 0.5) is 0 Å². The molecule has 0 radical (unpaired) electrons. The van der Waals surface area contributed by atoms with Gasteiger partial charge in [0.2, 0.25) is 0 Å². The molecule has 0 saturated heterocycles. The first-order chi connectivity index (χ1) is 8.22. The summed E-state index contributed by atoms with van der Waals surface area (Å²) in [5.41, 5.74) is 2.34. The normalized spacial score (nSPS) is 12.2. The van der Waals surface area contributed by atoms with Crippen LogP contribution >= 0.6 is 0 Å². The molecule has 1 N–H and O–H groups in total. The maximum absolute atomic E-state index is 10.2. The Kier molecular flexibility index (Phi) is 3.35. The number of pyridine rings is 2. The van der Waals surface area contributed by atoms with E-state index in [4.69, 9.17) is 4.74 Å². The lowest BCUT2D eigenvalue weighted by Crippen LogP contribution is -2.03. The van der Waals surface area contributed by atoms with Crippen molar-refractivity contribution < 1.29 is 9.84 Å². The molecule has 0 aliphatic carbocycles. The van der Waals surface area contributed by atoms with Crippen LogP contribution in [0.3, 0.4) is 0 Å². The number of methoxy groups -OCH3 is 1. The fraction of sp³-hybridized carbons (Fsp3) is 0.231. The lowest BCUT2D eigenvalue weighted by atomic mass is 10.0. The second kappa shape index (κ2) is 4.93. The molecule has 0 aliphatic heterocycles. The zero-order valence-corrected chi connectivity index (χ0v) is 9.79. The molecule has 0 amide bonds. The minimum absolute atomic E-state index is 0.570. The summed E-state index contributed by atoms with van der Waals surface area (Å²) in [7, 11) is 1.56. The molecular formula is C13H14N2O2. The van der Waals surface area contributed by atoms with E-state index >= 15 is 0 Å². The number of ether oxygens (including phenoxy) is 1. The van der Waals surface area contributed by atoms with E-state index in [-0.39, 0.29) is 0 Å². The summed E-state index contributed by atoms with van der Waals surface area (Å²) >= 11 is 0. The van der Waals surface area contributed by atoms with Crippen molar-refractivity contribution in [3.05, 3.63) is 53.6 Å². The number of hydrogen-bond donors (Lipinski definition) is 1. The van der Waals surface area contributed by atoms with E-state index in [1.54, 1.807) is 31.8 Å². The van der Waals surface area contributed by atoms with E-state index in [1.165, 1.54) is 0 Å². The summed E-state index contributed by atoms with van der Waals surface area (Å²) in [5.74, 6) is 0.570. The number of aliphatic hydroxyl groups is 1. The lowest BCUT2D eigenvalue weighted by Gasteiger charge is -2.14. The molecule has 2 aromatic heterocycles. The molecule has 2 rings (SSSR count). The summed E-state index contributed by atoms with van der Waals surface area (Å²) in [5, 5.41) is 10.2. The first-order valence-electron chi connectivity index (χ1n) is 5.31. The Bertz CT molecular complexity index is 497. The highest BCUT2D eigenvalue weighted by Gasteiger charge is 2.15. The van der Waals surface area contributed by atoms with Gasteiger partial charge in [-0.05, 0) is 19.1 Å². The molecule has 0 fully saturated rings. The van der Waals surface area contributed by atoms with Crippen LogP contribution < -0.4 is 4.74 Å². The van der Waals surface area contributed by atoms with Crippen molar-refractivity contribution in [2.45, 2.75) is 13.0 Å². The Labute approximate surface area is 99.9 Å². The predicted octanol–water partition coefficient (Wildman–Crippen LogP) is 1.88. The molecule has 0 aliphatic rings. The van der Waals surface area contributed by atoms with Crippen LogP contribution in [-0.4, -0.2) is 22.2 Å². The maximum Gasteiger partial charge on any atom is 0.143 e. The molecule has 0 saturated carbocycles. The smallest absolute Gasteiger partial charge is 0.143 e. The van der Waals surface area contributed by atoms with Crippen molar-refractivity contribution in [2.75, 3.05) is 7.11 Å². The molecule has 4 nitrogen and oxygen atoms in total. The summed E-state index contributed by atoms with van der Waals surface area (Å²) in [6.45, 7) is 1.91. The van der Waals surface area contributed by atoms with Gasteiger partial charge in [-0.25, -0.2) is 0 Å². The van der Waals surface area contributed by atoms with Crippen molar-refractivity contribution >= 4 is 0 Å². The Morgan fingerprint density at radius 1 is 1.24 bits per heavy atom. The van der Waals surface area contributed by atoms with E-state index < -0.39 is 6.10 Å². The fourth-order valence-corrected chi connectivity index (χ4v) is 1.61. The summed E-state index contributed by atoms with van der Waals surface area (Å²) in [6, 6.07) is 5.46. The maximum atomic E-state index is 10.2. The lowest BCUT2D eigenvalue weighted by molar-refractivity contribution is 0.214. The molecule has 17 heavy (non-hydrogen) atoms. The molecule has 0 spiro atoms. The van der Waals surface area contributed by atoms with E-state index in [9.17, 15) is 5.11 Å². The second-order valence-electron chi connectivity index (χ2n) is 3.75. The average molecular weight is 230 g/mol. The van der Waals surface area contributed by atoms with Crippen LogP contribution in [0.2, 0.25) is 0 Å². The van der Waals surface area contributed by atoms with Gasteiger partial charge in [0.25, 0.3) is 0 Å². The molecule has 88 valence electrons. The molecule has 2 aromatic rings. The third-order valence-electron chi connectivity index (χ3n) is 2.58. The first kappa shape index (κ1) is 11.5. The molecule has 2 heterocycles. The van der Waals surface area contributed by atoms with Crippen LogP contribution in [0, 0.1) is 6.92 Å². The Balaban J connectivity index is 2.36. The second-order valence-corrected chi connectivity index (χ2v) is 3.75. The quantitative estimate of drug-likeness (QED) is 0.874. The predicted molar refractivity (Wildman–Crippen MR) is 63.8 cm³/mol. The van der Waals surface area contributed by atoms with Crippen molar-refractivity contribution in [2.24, 2.45) is 0 Å². The molecule has 0 bridgehead atoms. The van der Waals surface area contributed by atoms with E-state index in [2.05, 4.69) is 9.97 Å². The van der Waals surface area contributed by atoms with Gasteiger partial charge in [0.15, 0.2) is 0 Å². The Morgan fingerprint density at radius 2 is 2.06 bits per heavy atom. The summed E-state index contributed by atoms with van der Waals surface area (Å²) in [4.78, 5) is 8.12. The molecule has 1 atom stereocenters. The number of aromatic nitrogens is 2. The first-order valence-corrected chi connectivity index (χ1v) is 5.31. The van der Waals surface area contributed by atoms with Gasteiger partial charge in [0, 0.05) is 29.2 Å². The van der Waals surface area contributed by atoms with E-state index in [0.29, 0.717) is 11.3 Å². The number of hydrogen-bond acceptors (Lipinski definition) is 4. The zero-order chi connectivity index (χ0) is 12.3. The van der Waals surface area contributed by atoms with E-state index in [0.717, 1.165) is 11.3 Å². The van der Waals surface area contributed by atoms with E-state index in [1.807, 2.05) is 19.1 Å². The Morgan fingerprint density at radius 3 is 2.71 bits per heavy atom. The minimum Gasteiger partial charge on any atom is -0.495 e. The number of rotatable bonds is 3. The zero-order valence-electron chi connectivity index (χ0n) is 9.79. The van der Waals surface area contributed by atoms with Crippen LogP contribution in [-0.2, 0) is 0 Å². The third kappa shape index (κ3) is 2.42. The monoisotopic (exact) mass is 230 g/mol. The van der Waals surface area contributed by atoms with Crippen LogP contribution in [0.5, 0.6) is 5.75 Å². The van der Waals surface area contributed by atoms with Gasteiger partial charge < -0.3 is 9.84 Å². The van der Waals surface area contributed by atoms with Gasteiger partial charge in [-0.2, -0.15) is 0 Å².